The molecule has 0 amide bonds. The molecule has 0 spiro atoms. The van der Waals surface area contributed by atoms with Crippen LogP contribution >= 0.6 is 0 Å². The molecule has 0 radical (unpaired) electrons. The van der Waals surface area contributed by atoms with Gasteiger partial charge in [-0.05, 0) is 71.2 Å². The van der Waals surface area contributed by atoms with E-state index in [1.807, 2.05) is 0 Å². The average molecular weight is 212 g/mol. The van der Waals surface area contributed by atoms with Crippen LogP contribution < -0.4 is 5.32 Å². The summed E-state index contributed by atoms with van der Waals surface area (Å²) < 4.78 is 0. The fourth-order valence-electron chi connectivity index (χ4n) is 2.90. The monoisotopic (exact) mass is 212 g/mol. The van der Waals surface area contributed by atoms with Crippen molar-refractivity contribution in [2.75, 3.05) is 33.2 Å². The molecular weight excluding hydrogens is 188 g/mol. The zero-order valence-electron chi connectivity index (χ0n) is 9.84. The van der Waals surface area contributed by atoms with Crippen LogP contribution in [0.4, 0.5) is 0 Å². The highest BCUT2D eigenvalue weighted by Gasteiger charge is 2.32. The summed E-state index contributed by atoms with van der Waals surface area (Å²) in [4.78, 5) is 2.39. The predicted molar refractivity (Wildman–Crippen MR) is 61.9 cm³/mol. The molecule has 2 rings (SSSR count). The van der Waals surface area contributed by atoms with Crippen molar-refractivity contribution in [3.05, 3.63) is 0 Å². The van der Waals surface area contributed by atoms with Crippen LogP contribution in [0, 0.1) is 5.92 Å². The van der Waals surface area contributed by atoms with Gasteiger partial charge in [0.1, 0.15) is 0 Å². The Labute approximate surface area is 92.8 Å². The molecule has 3 nitrogen and oxygen atoms in total. The van der Waals surface area contributed by atoms with Crippen LogP contribution in [0.5, 0.6) is 0 Å². The molecule has 0 unspecified atom stereocenters. The summed E-state index contributed by atoms with van der Waals surface area (Å²) in [5.74, 6) is 0.754. The Kier molecular flexibility index (Phi) is 3.65. The Morgan fingerprint density at radius 3 is 2.47 bits per heavy atom. The van der Waals surface area contributed by atoms with Gasteiger partial charge in [-0.15, -0.1) is 0 Å². The quantitative estimate of drug-likeness (QED) is 0.712. The molecule has 0 aromatic rings. The van der Waals surface area contributed by atoms with Crippen LogP contribution in [0.25, 0.3) is 0 Å². The van der Waals surface area contributed by atoms with E-state index in [4.69, 9.17) is 0 Å². The molecule has 2 N–H and O–H groups in total. The summed E-state index contributed by atoms with van der Waals surface area (Å²) in [6, 6.07) is 0. The van der Waals surface area contributed by atoms with E-state index in [1.165, 1.54) is 25.9 Å². The number of hydrogen-bond acceptors (Lipinski definition) is 3. The van der Waals surface area contributed by atoms with Crippen LogP contribution in [0.2, 0.25) is 0 Å². The van der Waals surface area contributed by atoms with Gasteiger partial charge in [0, 0.05) is 0 Å². The van der Waals surface area contributed by atoms with Gasteiger partial charge in [0.05, 0.1) is 5.60 Å². The van der Waals surface area contributed by atoms with Gasteiger partial charge in [-0.1, -0.05) is 0 Å². The van der Waals surface area contributed by atoms with E-state index in [-0.39, 0.29) is 5.60 Å². The molecule has 2 aliphatic heterocycles. The lowest BCUT2D eigenvalue weighted by Crippen LogP contribution is -2.44. The summed E-state index contributed by atoms with van der Waals surface area (Å²) in [6.07, 6.45) is 5.46. The Hall–Kier alpha value is -0.120. The maximum Gasteiger partial charge on any atom is 0.0674 e. The third-order valence-corrected chi connectivity index (χ3v) is 4.04. The first-order chi connectivity index (χ1) is 7.18. The normalized spacial score (nSPS) is 29.2. The van der Waals surface area contributed by atoms with Gasteiger partial charge in [0.25, 0.3) is 0 Å². The summed E-state index contributed by atoms with van der Waals surface area (Å²) in [6.45, 7) is 4.39. The highest BCUT2D eigenvalue weighted by atomic mass is 16.3. The zero-order chi connectivity index (χ0) is 10.7. The van der Waals surface area contributed by atoms with Crippen molar-refractivity contribution in [1.82, 2.24) is 10.2 Å². The first-order valence-corrected chi connectivity index (χ1v) is 6.30. The standard InChI is InChI=1S/C12H24N2O/c1-14-8-2-11(3-9-14)10-12(15)4-6-13-7-5-12/h11,13,15H,2-10H2,1H3. The highest BCUT2D eigenvalue weighted by molar-refractivity contribution is 4.87. The number of hydrogen-bond donors (Lipinski definition) is 2. The minimum Gasteiger partial charge on any atom is -0.390 e. The van der Waals surface area contributed by atoms with Gasteiger partial charge in [-0.2, -0.15) is 0 Å². The summed E-state index contributed by atoms with van der Waals surface area (Å²) in [7, 11) is 2.19. The third kappa shape index (κ3) is 3.16. The molecule has 2 fully saturated rings. The minimum absolute atomic E-state index is 0.355. The topological polar surface area (TPSA) is 35.5 Å². The Morgan fingerprint density at radius 1 is 1.27 bits per heavy atom. The van der Waals surface area contributed by atoms with Crippen LogP contribution in [0.3, 0.4) is 0 Å². The second kappa shape index (κ2) is 4.81. The average Bonchev–Trinajstić information content (AvgIpc) is 2.22. The maximum atomic E-state index is 10.4. The number of nitrogens with one attached hydrogen (secondary N) is 1. The number of piperidine rings is 2. The van der Waals surface area contributed by atoms with Crippen molar-refractivity contribution in [3.63, 3.8) is 0 Å². The molecule has 15 heavy (non-hydrogen) atoms. The van der Waals surface area contributed by atoms with Crippen LogP contribution in [0.1, 0.15) is 32.1 Å². The lowest BCUT2D eigenvalue weighted by Gasteiger charge is -2.38. The number of likely N-dealkylation sites (tertiary alicyclic amines) is 1. The summed E-state index contributed by atoms with van der Waals surface area (Å²) >= 11 is 0. The molecule has 2 heterocycles. The zero-order valence-corrected chi connectivity index (χ0v) is 9.84. The third-order valence-electron chi connectivity index (χ3n) is 4.04. The Bertz CT molecular complexity index is 194. The van der Waals surface area contributed by atoms with E-state index in [0.717, 1.165) is 38.3 Å². The molecular formula is C12H24N2O. The highest BCUT2D eigenvalue weighted by Crippen LogP contribution is 2.31. The van der Waals surface area contributed by atoms with E-state index >= 15 is 0 Å². The van der Waals surface area contributed by atoms with Crippen molar-refractivity contribution in [2.24, 2.45) is 5.92 Å². The molecule has 0 saturated carbocycles. The van der Waals surface area contributed by atoms with E-state index in [2.05, 4.69) is 17.3 Å². The fourth-order valence-corrected chi connectivity index (χ4v) is 2.90. The molecule has 0 atom stereocenters. The van der Waals surface area contributed by atoms with Crippen LogP contribution in [-0.4, -0.2) is 48.8 Å². The Balaban J connectivity index is 1.80. The second-order valence-electron chi connectivity index (χ2n) is 5.43. The van der Waals surface area contributed by atoms with Crippen LogP contribution in [-0.2, 0) is 0 Å². The molecule has 2 saturated heterocycles. The summed E-state index contributed by atoms with van der Waals surface area (Å²) in [5, 5.41) is 13.8. The molecule has 3 heteroatoms. The van der Waals surface area contributed by atoms with E-state index in [1.54, 1.807) is 0 Å². The lowest BCUT2D eigenvalue weighted by atomic mass is 9.80. The largest absolute Gasteiger partial charge is 0.390 e. The number of aliphatic hydroxyl groups is 1. The molecule has 0 bridgehead atoms. The molecule has 0 aromatic carbocycles. The van der Waals surface area contributed by atoms with E-state index in [0.29, 0.717) is 0 Å². The van der Waals surface area contributed by atoms with E-state index < -0.39 is 0 Å². The predicted octanol–water partition coefficient (Wildman–Crippen LogP) is 0.833. The van der Waals surface area contributed by atoms with Gasteiger partial charge in [-0.3, -0.25) is 0 Å². The van der Waals surface area contributed by atoms with Gasteiger partial charge in [0.15, 0.2) is 0 Å². The first kappa shape index (κ1) is 11.4. The number of rotatable bonds is 2. The number of nitrogens with zero attached hydrogens (tertiary/aromatic N) is 1. The van der Waals surface area contributed by atoms with Gasteiger partial charge >= 0.3 is 0 Å². The van der Waals surface area contributed by atoms with E-state index in [9.17, 15) is 5.11 Å². The maximum absolute atomic E-state index is 10.4. The molecule has 0 aliphatic carbocycles. The van der Waals surface area contributed by atoms with Gasteiger partial charge in [0.2, 0.25) is 0 Å². The van der Waals surface area contributed by atoms with Crippen molar-refractivity contribution in [1.29, 1.82) is 0 Å². The first-order valence-electron chi connectivity index (χ1n) is 6.30. The SMILES string of the molecule is CN1CCC(CC2(O)CCNCC2)CC1. The molecule has 2 aliphatic rings. The second-order valence-corrected chi connectivity index (χ2v) is 5.43. The van der Waals surface area contributed by atoms with Crippen molar-refractivity contribution < 1.29 is 5.11 Å². The summed E-state index contributed by atoms with van der Waals surface area (Å²) in [5.41, 5.74) is -0.355. The van der Waals surface area contributed by atoms with Crippen molar-refractivity contribution in [3.8, 4) is 0 Å². The fraction of sp³-hybridized carbons (Fsp3) is 1.00. The minimum atomic E-state index is -0.355. The lowest BCUT2D eigenvalue weighted by molar-refractivity contribution is -0.0188. The molecule has 88 valence electrons. The smallest absolute Gasteiger partial charge is 0.0674 e. The van der Waals surface area contributed by atoms with Crippen LogP contribution in [0.15, 0.2) is 0 Å². The van der Waals surface area contributed by atoms with Gasteiger partial charge < -0.3 is 15.3 Å². The van der Waals surface area contributed by atoms with Crippen molar-refractivity contribution >= 4 is 0 Å². The van der Waals surface area contributed by atoms with Crippen molar-refractivity contribution in [2.45, 2.75) is 37.7 Å². The Morgan fingerprint density at radius 2 is 1.87 bits per heavy atom. The van der Waals surface area contributed by atoms with Gasteiger partial charge in [-0.25, -0.2) is 0 Å². The molecule has 0 aromatic heterocycles.